The van der Waals surface area contributed by atoms with Crippen molar-refractivity contribution in [2.75, 3.05) is 24.6 Å². The van der Waals surface area contributed by atoms with Crippen LogP contribution in [0.2, 0.25) is 18.1 Å². The van der Waals surface area contributed by atoms with Gasteiger partial charge in [-0.1, -0.05) is 52.8 Å². The Hall–Kier alpha value is -0.903. The van der Waals surface area contributed by atoms with E-state index in [2.05, 4.69) is 62.9 Å². The van der Waals surface area contributed by atoms with Gasteiger partial charge in [-0.2, -0.15) is 0 Å². The zero-order valence-corrected chi connectivity index (χ0v) is 22.2. The molecule has 0 spiro atoms. The van der Waals surface area contributed by atoms with Crippen LogP contribution in [0.3, 0.4) is 0 Å². The number of thiazole rings is 1. The highest BCUT2D eigenvalue weighted by atomic mass is 32.2. The smallest absolute Gasteiger partial charge is 0.271 e. The highest BCUT2D eigenvalue weighted by molar-refractivity contribution is 8.14. The minimum Gasteiger partial charge on any atom is -0.415 e. The van der Waals surface area contributed by atoms with E-state index in [1.54, 1.807) is 6.92 Å². The summed E-state index contributed by atoms with van der Waals surface area (Å²) in [7, 11) is -1.88. The number of nitrogens with zero attached hydrogens (tertiary/aromatic N) is 2. The van der Waals surface area contributed by atoms with Gasteiger partial charge >= 0.3 is 0 Å². The van der Waals surface area contributed by atoms with Crippen LogP contribution in [0.15, 0.2) is 5.38 Å². The lowest BCUT2D eigenvalue weighted by atomic mass is 10.00. The Bertz CT molecular complexity index is 742. The van der Waals surface area contributed by atoms with Gasteiger partial charge in [0.1, 0.15) is 5.69 Å². The van der Waals surface area contributed by atoms with Crippen LogP contribution >= 0.6 is 23.1 Å². The van der Waals surface area contributed by atoms with E-state index >= 15 is 0 Å². The Balaban J connectivity index is 1.96. The zero-order valence-electron chi connectivity index (χ0n) is 19.6. The van der Waals surface area contributed by atoms with Crippen LogP contribution in [0.5, 0.6) is 0 Å². The van der Waals surface area contributed by atoms with Crippen LogP contribution in [0, 0.1) is 5.92 Å². The number of hydrogen-bond acceptors (Lipinski definition) is 7. The molecule has 1 aromatic rings. The predicted molar refractivity (Wildman–Crippen MR) is 130 cm³/mol. The molecular weight excluding hydrogens is 434 g/mol. The maximum Gasteiger partial charge on any atom is 0.271 e. The molecule has 2 rings (SSSR count). The summed E-state index contributed by atoms with van der Waals surface area (Å²) in [4.78, 5) is 30.7. The lowest BCUT2D eigenvalue weighted by molar-refractivity contribution is -0.109. The summed E-state index contributed by atoms with van der Waals surface area (Å²) < 4.78 is 6.40. The first-order valence-electron chi connectivity index (χ1n) is 10.7. The topological polar surface area (TPSA) is 71.5 Å². The quantitative estimate of drug-likeness (QED) is 0.523. The lowest BCUT2D eigenvalue weighted by Crippen LogP contribution is -2.49. The van der Waals surface area contributed by atoms with E-state index in [0.29, 0.717) is 23.5 Å². The van der Waals surface area contributed by atoms with Crippen LogP contribution in [0.4, 0.5) is 5.13 Å². The molecule has 1 amide bonds. The van der Waals surface area contributed by atoms with Gasteiger partial charge in [0.2, 0.25) is 0 Å². The SMILES string of the molecule is CCC(C)C(CO[Si](C)(C)C(C)(C)C)NC(=O)c1csc(N2CC(SC(C)=O)C2)n1. The third kappa shape index (κ3) is 6.55. The normalized spacial score (nSPS) is 17.4. The standard InChI is InChI=1S/C21H37N3O3S2Si/c1-9-14(2)17(12-27-30(7,8)21(4,5)6)22-19(26)18-13-28-20(23-18)24-10-16(11-24)29-15(3)25/h13-14,16-17H,9-12H2,1-8H3,(H,22,26). The average Bonchev–Trinajstić information content (AvgIpc) is 3.08. The molecule has 2 unspecified atom stereocenters. The maximum atomic E-state index is 12.9. The highest BCUT2D eigenvalue weighted by Gasteiger charge is 2.38. The lowest BCUT2D eigenvalue weighted by Gasteiger charge is -2.38. The van der Waals surface area contributed by atoms with Crippen LogP contribution in [-0.4, -0.2) is 55.3 Å². The van der Waals surface area contributed by atoms with Gasteiger partial charge in [-0.25, -0.2) is 4.98 Å². The van der Waals surface area contributed by atoms with Crippen molar-refractivity contribution in [3.8, 4) is 0 Å². The Morgan fingerprint density at radius 1 is 1.40 bits per heavy atom. The Morgan fingerprint density at radius 3 is 2.57 bits per heavy atom. The number of rotatable bonds is 9. The van der Waals surface area contributed by atoms with Gasteiger partial charge in [-0.05, 0) is 24.1 Å². The Kier molecular flexibility index (Phi) is 8.57. The molecule has 170 valence electrons. The van der Waals surface area contributed by atoms with E-state index in [0.717, 1.165) is 24.6 Å². The van der Waals surface area contributed by atoms with Gasteiger partial charge in [-0.15, -0.1) is 11.3 Å². The molecule has 0 aliphatic carbocycles. The fourth-order valence-electron chi connectivity index (χ4n) is 2.81. The van der Waals surface area contributed by atoms with Crippen molar-refractivity contribution in [1.29, 1.82) is 0 Å². The van der Waals surface area contributed by atoms with E-state index < -0.39 is 8.32 Å². The molecule has 30 heavy (non-hydrogen) atoms. The third-order valence-electron chi connectivity index (χ3n) is 6.25. The summed E-state index contributed by atoms with van der Waals surface area (Å²) in [6.07, 6.45) is 0.969. The summed E-state index contributed by atoms with van der Waals surface area (Å²) in [6.45, 7) is 19.2. The third-order valence-corrected chi connectivity index (χ3v) is 12.6. The van der Waals surface area contributed by atoms with Gasteiger partial charge in [0, 0.05) is 30.6 Å². The molecule has 1 saturated heterocycles. The van der Waals surface area contributed by atoms with Crippen LogP contribution in [0.1, 0.15) is 58.5 Å². The molecule has 1 fully saturated rings. The molecule has 1 aliphatic heterocycles. The van der Waals surface area contributed by atoms with Gasteiger partial charge in [0.15, 0.2) is 18.6 Å². The molecule has 0 aromatic carbocycles. The number of nitrogens with one attached hydrogen (secondary N) is 1. The average molecular weight is 472 g/mol. The number of thioether (sulfide) groups is 1. The minimum absolute atomic E-state index is 0.0397. The maximum absolute atomic E-state index is 12.9. The second-order valence-electron chi connectivity index (χ2n) is 9.69. The fourth-order valence-corrected chi connectivity index (χ4v) is 5.64. The monoisotopic (exact) mass is 471 g/mol. The number of aromatic nitrogens is 1. The summed E-state index contributed by atoms with van der Waals surface area (Å²) in [5, 5.41) is 6.44. The molecular formula is C21H37N3O3S2Si. The Morgan fingerprint density at radius 2 is 2.03 bits per heavy atom. The first-order chi connectivity index (χ1) is 13.8. The molecule has 2 atom stereocenters. The Labute approximate surface area is 190 Å². The molecule has 0 saturated carbocycles. The predicted octanol–water partition coefficient (Wildman–Crippen LogP) is 4.78. The summed E-state index contributed by atoms with van der Waals surface area (Å²) in [6, 6.07) is -0.0397. The molecule has 1 aromatic heterocycles. The molecule has 0 radical (unpaired) electrons. The van der Waals surface area contributed by atoms with E-state index in [1.807, 2.05) is 5.38 Å². The van der Waals surface area contributed by atoms with Crippen molar-refractivity contribution >= 4 is 47.6 Å². The summed E-state index contributed by atoms with van der Waals surface area (Å²) in [5.74, 6) is 0.174. The van der Waals surface area contributed by atoms with Gasteiger partial charge in [0.25, 0.3) is 5.91 Å². The molecule has 1 N–H and O–H groups in total. The van der Waals surface area contributed by atoms with Crippen LogP contribution in [0.25, 0.3) is 0 Å². The van der Waals surface area contributed by atoms with Crippen LogP contribution in [-0.2, 0) is 9.22 Å². The van der Waals surface area contributed by atoms with Crippen molar-refractivity contribution in [2.24, 2.45) is 5.92 Å². The second kappa shape index (κ2) is 10.1. The van der Waals surface area contributed by atoms with Crippen LogP contribution < -0.4 is 10.2 Å². The molecule has 1 aliphatic rings. The van der Waals surface area contributed by atoms with Gasteiger partial charge < -0.3 is 14.6 Å². The second-order valence-corrected chi connectivity index (χ2v) is 16.8. The molecule has 6 nitrogen and oxygen atoms in total. The number of hydrogen-bond donors (Lipinski definition) is 1. The van der Waals surface area contributed by atoms with Gasteiger partial charge in [-0.3, -0.25) is 9.59 Å². The number of anilines is 1. The van der Waals surface area contributed by atoms with Crippen molar-refractivity contribution in [3.63, 3.8) is 0 Å². The highest BCUT2D eigenvalue weighted by Crippen LogP contribution is 2.37. The molecule has 9 heteroatoms. The van der Waals surface area contributed by atoms with E-state index in [9.17, 15) is 9.59 Å². The van der Waals surface area contributed by atoms with E-state index in [-0.39, 0.29) is 22.1 Å². The van der Waals surface area contributed by atoms with Gasteiger partial charge in [0.05, 0.1) is 12.6 Å². The number of amides is 1. The first kappa shape index (κ1) is 25.4. The summed E-state index contributed by atoms with van der Waals surface area (Å²) in [5.41, 5.74) is 0.457. The fraction of sp³-hybridized carbons (Fsp3) is 0.762. The molecule has 0 bridgehead atoms. The largest absolute Gasteiger partial charge is 0.415 e. The van der Waals surface area contributed by atoms with Crippen molar-refractivity contribution in [3.05, 3.63) is 11.1 Å². The molecule has 2 heterocycles. The number of carbonyl (C=O) groups is 2. The zero-order chi connectivity index (χ0) is 22.7. The number of carbonyl (C=O) groups excluding carboxylic acids is 2. The van der Waals surface area contributed by atoms with E-state index in [1.165, 1.54) is 23.1 Å². The first-order valence-corrected chi connectivity index (χ1v) is 15.3. The van der Waals surface area contributed by atoms with Crippen molar-refractivity contribution in [1.82, 2.24) is 10.3 Å². The van der Waals surface area contributed by atoms with Crippen molar-refractivity contribution in [2.45, 2.75) is 77.4 Å². The van der Waals surface area contributed by atoms with Crippen molar-refractivity contribution < 1.29 is 14.0 Å². The minimum atomic E-state index is -1.88. The summed E-state index contributed by atoms with van der Waals surface area (Å²) >= 11 is 2.86. The van der Waals surface area contributed by atoms with E-state index in [4.69, 9.17) is 4.43 Å².